The summed E-state index contributed by atoms with van der Waals surface area (Å²) in [5, 5.41) is 9.47. The standard InChI is InChI=1S/C13H10N2O/c1-16-13-7-5-11-9-10(3-2-8-14)4-6-12(11)15-13/h2-7,9H,1H3. The maximum absolute atomic E-state index is 8.44. The second-order valence-corrected chi connectivity index (χ2v) is 3.27. The summed E-state index contributed by atoms with van der Waals surface area (Å²) in [6, 6.07) is 11.5. The topological polar surface area (TPSA) is 45.9 Å². The number of methoxy groups -OCH3 is 1. The minimum Gasteiger partial charge on any atom is -0.481 e. The van der Waals surface area contributed by atoms with E-state index in [1.54, 1.807) is 13.2 Å². The first-order valence-corrected chi connectivity index (χ1v) is 4.84. The number of ether oxygens (including phenoxy) is 1. The lowest BCUT2D eigenvalue weighted by molar-refractivity contribution is 0.399. The summed E-state index contributed by atoms with van der Waals surface area (Å²) in [7, 11) is 1.60. The van der Waals surface area contributed by atoms with Crippen molar-refractivity contribution in [3.05, 3.63) is 42.0 Å². The first-order chi connectivity index (χ1) is 7.83. The predicted molar refractivity (Wildman–Crippen MR) is 62.9 cm³/mol. The molecular formula is C13H10N2O. The summed E-state index contributed by atoms with van der Waals surface area (Å²) in [5.74, 6) is 0.604. The van der Waals surface area contributed by atoms with Crippen LogP contribution < -0.4 is 4.74 Å². The van der Waals surface area contributed by atoms with Crippen LogP contribution in [0.4, 0.5) is 0 Å². The second kappa shape index (κ2) is 4.45. The van der Waals surface area contributed by atoms with Gasteiger partial charge in [0.15, 0.2) is 0 Å². The van der Waals surface area contributed by atoms with Gasteiger partial charge >= 0.3 is 0 Å². The van der Waals surface area contributed by atoms with Gasteiger partial charge in [-0.15, -0.1) is 0 Å². The SMILES string of the molecule is COc1ccc2cc(C=CC#N)ccc2n1. The summed E-state index contributed by atoms with van der Waals surface area (Å²) >= 11 is 0. The number of rotatable bonds is 2. The van der Waals surface area contributed by atoms with E-state index in [0.717, 1.165) is 16.5 Å². The molecule has 78 valence electrons. The van der Waals surface area contributed by atoms with Crippen LogP contribution in [0.25, 0.3) is 17.0 Å². The van der Waals surface area contributed by atoms with Crippen molar-refractivity contribution in [3.63, 3.8) is 0 Å². The third-order valence-electron chi connectivity index (χ3n) is 2.25. The average molecular weight is 210 g/mol. The van der Waals surface area contributed by atoms with Gasteiger partial charge in [0.05, 0.1) is 18.7 Å². The van der Waals surface area contributed by atoms with Gasteiger partial charge in [-0.25, -0.2) is 4.98 Å². The molecule has 0 amide bonds. The van der Waals surface area contributed by atoms with Crippen molar-refractivity contribution in [1.82, 2.24) is 4.98 Å². The molecule has 16 heavy (non-hydrogen) atoms. The van der Waals surface area contributed by atoms with E-state index in [4.69, 9.17) is 10.00 Å². The number of hydrogen-bond donors (Lipinski definition) is 0. The Balaban J connectivity index is 2.48. The van der Waals surface area contributed by atoms with Crippen LogP contribution in [0.15, 0.2) is 36.4 Å². The normalized spacial score (nSPS) is 10.5. The first kappa shape index (κ1) is 10.2. The first-order valence-electron chi connectivity index (χ1n) is 4.84. The summed E-state index contributed by atoms with van der Waals surface area (Å²) in [6.45, 7) is 0. The van der Waals surface area contributed by atoms with Crippen molar-refractivity contribution in [2.75, 3.05) is 7.11 Å². The van der Waals surface area contributed by atoms with Crippen LogP contribution in [0.3, 0.4) is 0 Å². The number of hydrogen-bond acceptors (Lipinski definition) is 3. The van der Waals surface area contributed by atoms with Crippen molar-refractivity contribution in [2.45, 2.75) is 0 Å². The number of nitriles is 1. The fourth-order valence-electron chi connectivity index (χ4n) is 1.48. The van der Waals surface area contributed by atoms with E-state index in [1.807, 2.05) is 36.4 Å². The average Bonchev–Trinajstić information content (AvgIpc) is 2.35. The van der Waals surface area contributed by atoms with Gasteiger partial charge in [0, 0.05) is 17.5 Å². The Labute approximate surface area is 93.6 Å². The highest BCUT2D eigenvalue weighted by atomic mass is 16.5. The summed E-state index contributed by atoms with van der Waals surface area (Å²) < 4.78 is 5.05. The Hall–Kier alpha value is -2.34. The largest absolute Gasteiger partial charge is 0.481 e. The summed E-state index contributed by atoms with van der Waals surface area (Å²) in [4.78, 5) is 4.30. The zero-order valence-electron chi connectivity index (χ0n) is 8.84. The molecule has 0 unspecified atom stereocenters. The van der Waals surface area contributed by atoms with E-state index >= 15 is 0 Å². The third-order valence-corrected chi connectivity index (χ3v) is 2.25. The van der Waals surface area contributed by atoms with Gasteiger partial charge in [-0.1, -0.05) is 6.07 Å². The zero-order valence-corrected chi connectivity index (χ0v) is 8.84. The highest BCUT2D eigenvalue weighted by molar-refractivity contribution is 5.81. The van der Waals surface area contributed by atoms with Crippen LogP contribution in [-0.4, -0.2) is 12.1 Å². The third kappa shape index (κ3) is 2.01. The highest BCUT2D eigenvalue weighted by Gasteiger charge is 1.98. The number of aromatic nitrogens is 1. The molecule has 1 aromatic carbocycles. The Kier molecular flexibility index (Phi) is 2.84. The molecule has 0 spiro atoms. The van der Waals surface area contributed by atoms with Crippen LogP contribution in [-0.2, 0) is 0 Å². The van der Waals surface area contributed by atoms with E-state index in [1.165, 1.54) is 6.08 Å². The summed E-state index contributed by atoms with van der Waals surface area (Å²) in [6.07, 6.45) is 3.22. The quantitative estimate of drug-likeness (QED) is 0.716. The minimum atomic E-state index is 0.604. The smallest absolute Gasteiger partial charge is 0.213 e. The molecule has 0 saturated carbocycles. The molecule has 0 bridgehead atoms. The fraction of sp³-hybridized carbons (Fsp3) is 0.0769. The van der Waals surface area contributed by atoms with Crippen molar-refractivity contribution < 1.29 is 4.74 Å². The van der Waals surface area contributed by atoms with Crippen LogP contribution in [0.2, 0.25) is 0 Å². The molecule has 3 heteroatoms. The van der Waals surface area contributed by atoms with Gasteiger partial charge in [-0.05, 0) is 29.8 Å². The lowest BCUT2D eigenvalue weighted by Crippen LogP contribution is -1.87. The molecule has 2 aromatic rings. The number of allylic oxidation sites excluding steroid dienone is 1. The van der Waals surface area contributed by atoms with Gasteiger partial charge in [0.25, 0.3) is 0 Å². The molecule has 0 atom stereocenters. The van der Waals surface area contributed by atoms with Gasteiger partial charge < -0.3 is 4.74 Å². The molecule has 0 fully saturated rings. The van der Waals surface area contributed by atoms with Crippen molar-refractivity contribution in [3.8, 4) is 11.9 Å². The molecule has 2 rings (SSSR count). The van der Waals surface area contributed by atoms with E-state index in [2.05, 4.69) is 4.98 Å². The molecule has 0 aliphatic heterocycles. The van der Waals surface area contributed by atoms with Gasteiger partial charge in [-0.2, -0.15) is 5.26 Å². The monoisotopic (exact) mass is 210 g/mol. The lowest BCUT2D eigenvalue weighted by atomic mass is 10.1. The predicted octanol–water partition coefficient (Wildman–Crippen LogP) is 2.78. The number of nitrogens with zero attached hydrogens (tertiary/aromatic N) is 2. The zero-order chi connectivity index (χ0) is 11.4. The molecule has 0 N–H and O–H groups in total. The van der Waals surface area contributed by atoms with E-state index in [-0.39, 0.29) is 0 Å². The Morgan fingerprint density at radius 3 is 2.94 bits per heavy atom. The number of pyridine rings is 1. The Morgan fingerprint density at radius 2 is 2.19 bits per heavy atom. The molecule has 0 radical (unpaired) electrons. The number of benzene rings is 1. The van der Waals surface area contributed by atoms with Crippen LogP contribution in [0, 0.1) is 11.3 Å². The van der Waals surface area contributed by atoms with Crippen molar-refractivity contribution >= 4 is 17.0 Å². The Morgan fingerprint density at radius 1 is 1.31 bits per heavy atom. The van der Waals surface area contributed by atoms with Crippen LogP contribution >= 0.6 is 0 Å². The van der Waals surface area contributed by atoms with E-state index in [9.17, 15) is 0 Å². The highest BCUT2D eigenvalue weighted by Crippen LogP contribution is 2.18. The molecular weight excluding hydrogens is 200 g/mol. The molecule has 1 aromatic heterocycles. The molecule has 0 saturated heterocycles. The van der Waals surface area contributed by atoms with Gasteiger partial charge in [0.1, 0.15) is 0 Å². The Bertz CT molecular complexity index is 582. The van der Waals surface area contributed by atoms with Gasteiger partial charge in [-0.3, -0.25) is 0 Å². The van der Waals surface area contributed by atoms with Crippen LogP contribution in [0.5, 0.6) is 5.88 Å². The lowest BCUT2D eigenvalue weighted by Gasteiger charge is -2.02. The maximum atomic E-state index is 8.44. The van der Waals surface area contributed by atoms with E-state index in [0.29, 0.717) is 5.88 Å². The molecule has 1 heterocycles. The fourth-order valence-corrected chi connectivity index (χ4v) is 1.48. The second-order valence-electron chi connectivity index (χ2n) is 3.27. The van der Waals surface area contributed by atoms with Crippen molar-refractivity contribution in [1.29, 1.82) is 5.26 Å². The van der Waals surface area contributed by atoms with Crippen LogP contribution in [0.1, 0.15) is 5.56 Å². The van der Waals surface area contributed by atoms with Gasteiger partial charge in [0.2, 0.25) is 5.88 Å². The number of fused-ring (bicyclic) bond motifs is 1. The molecule has 0 aliphatic carbocycles. The molecule has 0 aliphatic rings. The minimum absolute atomic E-state index is 0.604. The summed E-state index contributed by atoms with van der Waals surface area (Å²) in [5.41, 5.74) is 1.87. The molecule has 3 nitrogen and oxygen atoms in total. The van der Waals surface area contributed by atoms with E-state index < -0.39 is 0 Å². The van der Waals surface area contributed by atoms with Crippen molar-refractivity contribution in [2.24, 2.45) is 0 Å². The maximum Gasteiger partial charge on any atom is 0.213 e.